The Balaban J connectivity index is 2.25. The third-order valence-electron chi connectivity index (χ3n) is 3.06. The molecule has 0 radical (unpaired) electrons. The Morgan fingerprint density at radius 2 is 1.75 bits per heavy atom. The minimum atomic E-state index is -3.55. The average molecular weight is 290 g/mol. The summed E-state index contributed by atoms with van der Waals surface area (Å²) in [6.07, 6.45) is 0.862. The summed E-state index contributed by atoms with van der Waals surface area (Å²) in [4.78, 5) is 0.233. The predicted molar refractivity (Wildman–Crippen MR) is 81.0 cm³/mol. The molecular formula is C15H18N2O2S. The minimum absolute atomic E-state index is 0.233. The normalized spacial score (nSPS) is 11.3. The first-order valence-electron chi connectivity index (χ1n) is 6.46. The fraction of sp³-hybridized carbons (Fsp3) is 0.200. The van der Waals surface area contributed by atoms with Crippen molar-refractivity contribution in [3.63, 3.8) is 0 Å². The maximum Gasteiger partial charge on any atom is 0.261 e. The summed E-state index contributed by atoms with van der Waals surface area (Å²) in [7, 11) is -3.55. The van der Waals surface area contributed by atoms with Crippen LogP contribution in [-0.4, -0.2) is 8.42 Å². The Morgan fingerprint density at radius 3 is 2.35 bits per heavy atom. The highest BCUT2D eigenvalue weighted by Crippen LogP contribution is 2.18. The van der Waals surface area contributed by atoms with Crippen LogP contribution in [0.4, 0.5) is 5.69 Å². The summed E-state index contributed by atoms with van der Waals surface area (Å²) in [5.74, 6) is 0. The molecule has 0 aliphatic rings. The molecule has 2 rings (SSSR count). The zero-order chi connectivity index (χ0) is 14.6. The maximum absolute atomic E-state index is 12.3. The number of benzene rings is 2. The van der Waals surface area contributed by atoms with Gasteiger partial charge < -0.3 is 5.73 Å². The van der Waals surface area contributed by atoms with Crippen LogP contribution in [-0.2, 0) is 23.0 Å². The van der Waals surface area contributed by atoms with E-state index in [-0.39, 0.29) is 4.90 Å². The number of hydrogen-bond acceptors (Lipinski definition) is 3. The van der Waals surface area contributed by atoms with Crippen molar-refractivity contribution in [2.24, 2.45) is 5.73 Å². The molecule has 106 valence electrons. The maximum atomic E-state index is 12.3. The summed E-state index contributed by atoms with van der Waals surface area (Å²) < 4.78 is 27.1. The summed E-state index contributed by atoms with van der Waals surface area (Å²) in [5, 5.41) is 0. The van der Waals surface area contributed by atoms with Gasteiger partial charge in [0.1, 0.15) is 0 Å². The summed E-state index contributed by atoms with van der Waals surface area (Å²) in [6.45, 7) is 2.42. The van der Waals surface area contributed by atoms with E-state index in [1.165, 1.54) is 0 Å². The molecule has 0 bridgehead atoms. The summed E-state index contributed by atoms with van der Waals surface area (Å²) in [6, 6.07) is 14.0. The standard InChI is InChI=1S/C15H18N2O2S/c1-2-12-4-3-5-14(10-12)17-20(18,19)15-8-6-13(11-16)7-9-15/h3-10,17H,2,11,16H2,1H3. The number of rotatable bonds is 5. The van der Waals surface area contributed by atoms with Crippen molar-refractivity contribution >= 4 is 15.7 Å². The molecule has 0 aliphatic heterocycles. The van der Waals surface area contributed by atoms with Crippen molar-refractivity contribution in [3.05, 3.63) is 59.7 Å². The number of anilines is 1. The monoisotopic (exact) mass is 290 g/mol. The molecule has 0 unspecified atom stereocenters. The first-order chi connectivity index (χ1) is 9.55. The molecule has 0 heterocycles. The first-order valence-corrected chi connectivity index (χ1v) is 7.94. The lowest BCUT2D eigenvalue weighted by atomic mass is 10.1. The van der Waals surface area contributed by atoms with Crippen molar-refractivity contribution in [2.75, 3.05) is 4.72 Å². The van der Waals surface area contributed by atoms with Crippen molar-refractivity contribution in [1.82, 2.24) is 0 Å². The molecule has 2 aromatic carbocycles. The van der Waals surface area contributed by atoms with Gasteiger partial charge in [-0.1, -0.05) is 31.2 Å². The van der Waals surface area contributed by atoms with Gasteiger partial charge in [-0.25, -0.2) is 8.42 Å². The van der Waals surface area contributed by atoms with Gasteiger partial charge in [0.25, 0.3) is 10.0 Å². The number of nitrogens with two attached hydrogens (primary N) is 1. The van der Waals surface area contributed by atoms with Crippen molar-refractivity contribution in [1.29, 1.82) is 0 Å². The van der Waals surface area contributed by atoms with E-state index in [4.69, 9.17) is 5.73 Å². The lowest BCUT2D eigenvalue weighted by Gasteiger charge is -2.09. The van der Waals surface area contributed by atoms with Gasteiger partial charge in [-0.05, 0) is 41.8 Å². The van der Waals surface area contributed by atoms with Crippen LogP contribution in [0.5, 0.6) is 0 Å². The Labute approximate surface area is 119 Å². The Bertz CT molecular complexity index is 679. The van der Waals surface area contributed by atoms with Gasteiger partial charge in [0.15, 0.2) is 0 Å². The van der Waals surface area contributed by atoms with E-state index in [0.717, 1.165) is 17.5 Å². The second-order valence-corrected chi connectivity index (χ2v) is 6.19. The number of hydrogen-bond donors (Lipinski definition) is 2. The van der Waals surface area contributed by atoms with E-state index in [1.807, 2.05) is 25.1 Å². The smallest absolute Gasteiger partial charge is 0.261 e. The average Bonchev–Trinajstić information content (AvgIpc) is 2.47. The predicted octanol–water partition coefficient (Wildman–Crippen LogP) is 2.51. The Kier molecular flexibility index (Phi) is 4.42. The second kappa shape index (κ2) is 6.07. The third kappa shape index (κ3) is 3.37. The van der Waals surface area contributed by atoms with Crippen molar-refractivity contribution in [2.45, 2.75) is 24.8 Å². The van der Waals surface area contributed by atoms with Gasteiger partial charge in [0.05, 0.1) is 4.90 Å². The summed E-state index contributed by atoms with van der Waals surface area (Å²) in [5.41, 5.74) is 8.06. The van der Waals surface area contributed by atoms with Crippen LogP contribution in [0.15, 0.2) is 53.4 Å². The van der Waals surface area contributed by atoms with Crippen LogP contribution in [0, 0.1) is 0 Å². The summed E-state index contributed by atoms with van der Waals surface area (Å²) >= 11 is 0. The topological polar surface area (TPSA) is 72.2 Å². The second-order valence-electron chi connectivity index (χ2n) is 4.51. The number of aryl methyl sites for hydroxylation is 1. The fourth-order valence-corrected chi connectivity index (χ4v) is 2.92. The van der Waals surface area contributed by atoms with Crippen molar-refractivity contribution < 1.29 is 8.42 Å². The van der Waals surface area contributed by atoms with Gasteiger partial charge in [-0.3, -0.25) is 4.72 Å². The van der Waals surface area contributed by atoms with E-state index < -0.39 is 10.0 Å². The van der Waals surface area contributed by atoms with Crippen LogP contribution in [0.3, 0.4) is 0 Å². The molecule has 0 amide bonds. The molecule has 0 fully saturated rings. The van der Waals surface area contributed by atoms with Gasteiger partial charge in [0, 0.05) is 12.2 Å². The van der Waals surface area contributed by atoms with E-state index in [0.29, 0.717) is 12.2 Å². The third-order valence-corrected chi connectivity index (χ3v) is 4.45. The Hall–Kier alpha value is -1.85. The molecule has 0 saturated heterocycles. The number of nitrogens with one attached hydrogen (secondary N) is 1. The molecule has 5 heteroatoms. The van der Waals surface area contributed by atoms with E-state index in [1.54, 1.807) is 30.3 Å². The molecular weight excluding hydrogens is 272 g/mol. The fourth-order valence-electron chi connectivity index (χ4n) is 1.87. The first kappa shape index (κ1) is 14.6. The van der Waals surface area contributed by atoms with Crippen LogP contribution >= 0.6 is 0 Å². The van der Waals surface area contributed by atoms with E-state index >= 15 is 0 Å². The molecule has 0 aliphatic carbocycles. The molecule has 0 aromatic heterocycles. The van der Waals surface area contributed by atoms with Crippen molar-refractivity contribution in [3.8, 4) is 0 Å². The zero-order valence-electron chi connectivity index (χ0n) is 11.3. The molecule has 0 saturated carbocycles. The van der Waals surface area contributed by atoms with Gasteiger partial charge >= 0.3 is 0 Å². The Morgan fingerprint density at radius 1 is 1.05 bits per heavy atom. The lowest BCUT2D eigenvalue weighted by Crippen LogP contribution is -2.13. The zero-order valence-corrected chi connectivity index (χ0v) is 12.2. The van der Waals surface area contributed by atoms with Gasteiger partial charge in [-0.2, -0.15) is 0 Å². The molecule has 4 nitrogen and oxygen atoms in total. The van der Waals surface area contributed by atoms with Crippen LogP contribution in [0.1, 0.15) is 18.1 Å². The highest BCUT2D eigenvalue weighted by atomic mass is 32.2. The largest absolute Gasteiger partial charge is 0.326 e. The molecule has 20 heavy (non-hydrogen) atoms. The SMILES string of the molecule is CCc1cccc(NS(=O)(=O)c2ccc(CN)cc2)c1. The molecule has 0 atom stereocenters. The molecule has 0 spiro atoms. The van der Waals surface area contributed by atoms with Gasteiger partial charge in [0.2, 0.25) is 0 Å². The highest BCUT2D eigenvalue weighted by Gasteiger charge is 2.13. The lowest BCUT2D eigenvalue weighted by molar-refractivity contribution is 0.601. The van der Waals surface area contributed by atoms with Crippen LogP contribution in [0.2, 0.25) is 0 Å². The van der Waals surface area contributed by atoms with Crippen LogP contribution in [0.25, 0.3) is 0 Å². The highest BCUT2D eigenvalue weighted by molar-refractivity contribution is 7.92. The van der Waals surface area contributed by atoms with Gasteiger partial charge in [-0.15, -0.1) is 0 Å². The molecule has 2 aromatic rings. The van der Waals surface area contributed by atoms with Crippen LogP contribution < -0.4 is 10.5 Å². The van der Waals surface area contributed by atoms with E-state index in [2.05, 4.69) is 4.72 Å². The minimum Gasteiger partial charge on any atom is -0.326 e. The molecule has 3 N–H and O–H groups in total. The van der Waals surface area contributed by atoms with E-state index in [9.17, 15) is 8.42 Å². The number of sulfonamides is 1. The quantitative estimate of drug-likeness (QED) is 0.888.